The van der Waals surface area contributed by atoms with Crippen LogP contribution in [-0.4, -0.2) is 62.7 Å². The first kappa shape index (κ1) is 12.9. The SMILES string of the molecule is CCOC(=O)CNC(=O)CN1CCNCC1. The first-order valence-corrected chi connectivity index (χ1v) is 5.57. The minimum absolute atomic E-state index is 0.0429. The van der Waals surface area contributed by atoms with Crippen molar-refractivity contribution in [2.75, 3.05) is 45.9 Å². The van der Waals surface area contributed by atoms with Crippen LogP contribution < -0.4 is 10.6 Å². The van der Waals surface area contributed by atoms with Gasteiger partial charge in [0.25, 0.3) is 0 Å². The van der Waals surface area contributed by atoms with Gasteiger partial charge in [-0.05, 0) is 6.92 Å². The van der Waals surface area contributed by atoms with Crippen molar-refractivity contribution in [2.45, 2.75) is 6.92 Å². The maximum absolute atomic E-state index is 11.4. The van der Waals surface area contributed by atoms with Crippen LogP contribution in [0.4, 0.5) is 0 Å². The van der Waals surface area contributed by atoms with Gasteiger partial charge in [-0.25, -0.2) is 0 Å². The topological polar surface area (TPSA) is 70.7 Å². The Bertz CT molecular complexity index is 239. The number of nitrogens with one attached hydrogen (secondary N) is 2. The average molecular weight is 229 g/mol. The van der Waals surface area contributed by atoms with E-state index < -0.39 is 5.97 Å². The predicted octanol–water partition coefficient (Wildman–Crippen LogP) is -1.43. The van der Waals surface area contributed by atoms with Crippen LogP contribution in [0.25, 0.3) is 0 Å². The Balaban J connectivity index is 2.12. The standard InChI is InChI=1S/C10H19N3O3/c1-2-16-10(15)7-12-9(14)8-13-5-3-11-4-6-13/h11H,2-8H2,1H3,(H,12,14). The number of rotatable bonds is 5. The lowest BCUT2D eigenvalue weighted by atomic mass is 10.3. The highest BCUT2D eigenvalue weighted by atomic mass is 16.5. The summed E-state index contributed by atoms with van der Waals surface area (Å²) in [7, 11) is 0. The largest absolute Gasteiger partial charge is 0.465 e. The molecule has 0 radical (unpaired) electrons. The normalized spacial score (nSPS) is 16.8. The van der Waals surface area contributed by atoms with E-state index in [1.54, 1.807) is 6.92 Å². The smallest absolute Gasteiger partial charge is 0.325 e. The van der Waals surface area contributed by atoms with Gasteiger partial charge in [-0.1, -0.05) is 0 Å². The first-order chi connectivity index (χ1) is 7.72. The highest BCUT2D eigenvalue weighted by Crippen LogP contribution is 1.90. The lowest BCUT2D eigenvalue weighted by Gasteiger charge is -2.26. The van der Waals surface area contributed by atoms with Gasteiger partial charge in [0.1, 0.15) is 6.54 Å². The molecule has 6 nitrogen and oxygen atoms in total. The van der Waals surface area contributed by atoms with E-state index in [1.165, 1.54) is 0 Å². The average Bonchev–Trinajstić information content (AvgIpc) is 2.28. The van der Waals surface area contributed by atoms with E-state index in [9.17, 15) is 9.59 Å². The zero-order valence-electron chi connectivity index (χ0n) is 9.62. The van der Waals surface area contributed by atoms with Crippen LogP contribution in [0.3, 0.4) is 0 Å². The maximum Gasteiger partial charge on any atom is 0.325 e. The number of carbonyl (C=O) groups excluding carboxylic acids is 2. The van der Waals surface area contributed by atoms with Gasteiger partial charge in [-0.2, -0.15) is 0 Å². The molecular formula is C10H19N3O3. The van der Waals surface area contributed by atoms with Crippen molar-refractivity contribution >= 4 is 11.9 Å². The Kier molecular flexibility index (Phi) is 5.81. The van der Waals surface area contributed by atoms with Gasteiger partial charge < -0.3 is 15.4 Å². The van der Waals surface area contributed by atoms with Gasteiger partial charge in [0, 0.05) is 26.2 Å². The van der Waals surface area contributed by atoms with E-state index in [0.29, 0.717) is 13.2 Å². The summed E-state index contributed by atoms with van der Waals surface area (Å²) in [6.45, 7) is 5.93. The molecular weight excluding hydrogens is 210 g/mol. The van der Waals surface area contributed by atoms with Gasteiger partial charge in [0.05, 0.1) is 13.2 Å². The second-order valence-electron chi connectivity index (χ2n) is 3.61. The summed E-state index contributed by atoms with van der Waals surface area (Å²) in [5.74, 6) is -0.522. The van der Waals surface area contributed by atoms with Crippen molar-refractivity contribution in [3.63, 3.8) is 0 Å². The summed E-state index contributed by atoms with van der Waals surface area (Å²) in [4.78, 5) is 24.5. The van der Waals surface area contributed by atoms with Crippen molar-refractivity contribution < 1.29 is 14.3 Å². The van der Waals surface area contributed by atoms with Crippen LogP contribution >= 0.6 is 0 Å². The van der Waals surface area contributed by atoms with Crippen LogP contribution in [0.5, 0.6) is 0 Å². The molecule has 0 aromatic heterocycles. The molecule has 0 bridgehead atoms. The van der Waals surface area contributed by atoms with E-state index in [4.69, 9.17) is 4.74 Å². The second kappa shape index (κ2) is 7.19. The second-order valence-corrected chi connectivity index (χ2v) is 3.61. The molecule has 1 aliphatic heterocycles. The molecule has 0 spiro atoms. The van der Waals surface area contributed by atoms with Crippen molar-refractivity contribution in [3.05, 3.63) is 0 Å². The molecule has 1 amide bonds. The zero-order chi connectivity index (χ0) is 11.8. The van der Waals surface area contributed by atoms with Crippen LogP contribution in [0.1, 0.15) is 6.92 Å². The van der Waals surface area contributed by atoms with E-state index in [2.05, 4.69) is 15.5 Å². The summed E-state index contributed by atoms with van der Waals surface area (Å²) in [5, 5.41) is 5.75. The number of hydrogen-bond acceptors (Lipinski definition) is 5. The molecule has 1 rings (SSSR count). The van der Waals surface area contributed by atoms with Gasteiger partial charge in [-0.15, -0.1) is 0 Å². The van der Waals surface area contributed by atoms with Crippen LogP contribution in [0.2, 0.25) is 0 Å². The fourth-order valence-corrected chi connectivity index (χ4v) is 1.51. The molecule has 1 heterocycles. The summed E-state index contributed by atoms with van der Waals surface area (Å²) < 4.78 is 4.70. The van der Waals surface area contributed by atoms with Crippen molar-refractivity contribution in [1.82, 2.24) is 15.5 Å². The fourth-order valence-electron chi connectivity index (χ4n) is 1.51. The summed E-state index contributed by atoms with van der Waals surface area (Å²) >= 11 is 0. The molecule has 1 aliphatic rings. The molecule has 1 fully saturated rings. The fraction of sp³-hybridized carbons (Fsp3) is 0.800. The van der Waals surface area contributed by atoms with Crippen molar-refractivity contribution in [2.24, 2.45) is 0 Å². The van der Waals surface area contributed by atoms with Crippen LogP contribution in [-0.2, 0) is 14.3 Å². The number of nitrogens with zero attached hydrogens (tertiary/aromatic N) is 1. The monoisotopic (exact) mass is 229 g/mol. The minimum atomic E-state index is -0.392. The molecule has 2 N–H and O–H groups in total. The first-order valence-electron chi connectivity index (χ1n) is 5.57. The van der Waals surface area contributed by atoms with Crippen molar-refractivity contribution in [1.29, 1.82) is 0 Å². The zero-order valence-corrected chi connectivity index (χ0v) is 9.62. The molecule has 92 valence electrons. The van der Waals surface area contributed by atoms with E-state index in [0.717, 1.165) is 26.2 Å². The summed E-state index contributed by atoms with van der Waals surface area (Å²) in [6.07, 6.45) is 0. The highest BCUT2D eigenvalue weighted by molar-refractivity contribution is 5.83. The third-order valence-electron chi connectivity index (χ3n) is 2.31. The lowest BCUT2D eigenvalue weighted by molar-refractivity contribution is -0.143. The van der Waals surface area contributed by atoms with Crippen LogP contribution in [0.15, 0.2) is 0 Å². The predicted molar refractivity (Wildman–Crippen MR) is 59.0 cm³/mol. The molecule has 6 heteroatoms. The summed E-state index contributed by atoms with van der Waals surface area (Å²) in [6, 6.07) is 0. The number of ether oxygens (including phenoxy) is 1. The number of piperazine rings is 1. The minimum Gasteiger partial charge on any atom is -0.465 e. The number of carbonyl (C=O) groups is 2. The molecule has 16 heavy (non-hydrogen) atoms. The molecule has 1 saturated heterocycles. The van der Waals surface area contributed by atoms with Gasteiger partial charge in [0.15, 0.2) is 0 Å². The molecule has 0 aromatic rings. The molecule has 0 aromatic carbocycles. The Hall–Kier alpha value is -1.14. The highest BCUT2D eigenvalue weighted by Gasteiger charge is 2.13. The third-order valence-corrected chi connectivity index (χ3v) is 2.31. The number of hydrogen-bond donors (Lipinski definition) is 2. The van der Waals surface area contributed by atoms with Gasteiger partial charge in [-0.3, -0.25) is 14.5 Å². The quantitative estimate of drug-likeness (QED) is 0.566. The Labute approximate surface area is 95.3 Å². The van der Waals surface area contributed by atoms with Crippen LogP contribution in [0, 0.1) is 0 Å². The lowest BCUT2D eigenvalue weighted by Crippen LogP contribution is -2.48. The van der Waals surface area contributed by atoms with E-state index in [-0.39, 0.29) is 12.5 Å². The summed E-state index contributed by atoms with van der Waals surface area (Å²) in [5.41, 5.74) is 0. The molecule has 0 unspecified atom stereocenters. The molecule has 0 aliphatic carbocycles. The number of amides is 1. The molecule has 0 saturated carbocycles. The Morgan fingerprint density at radius 1 is 1.38 bits per heavy atom. The third kappa shape index (κ3) is 5.09. The van der Waals surface area contributed by atoms with Gasteiger partial charge in [0.2, 0.25) is 5.91 Å². The Morgan fingerprint density at radius 3 is 2.69 bits per heavy atom. The van der Waals surface area contributed by atoms with E-state index in [1.807, 2.05) is 0 Å². The van der Waals surface area contributed by atoms with Crippen molar-refractivity contribution in [3.8, 4) is 0 Å². The molecule has 0 atom stereocenters. The Morgan fingerprint density at radius 2 is 2.06 bits per heavy atom. The van der Waals surface area contributed by atoms with E-state index >= 15 is 0 Å². The number of esters is 1. The van der Waals surface area contributed by atoms with Gasteiger partial charge >= 0.3 is 5.97 Å². The maximum atomic E-state index is 11.4.